The van der Waals surface area contributed by atoms with E-state index >= 15 is 0 Å². The second-order valence-electron chi connectivity index (χ2n) is 6.30. The van der Waals surface area contributed by atoms with E-state index in [2.05, 4.69) is 16.7 Å². The largest absolute Gasteiger partial charge is 0.326 e. The highest BCUT2D eigenvalue weighted by Gasteiger charge is 2.29. The summed E-state index contributed by atoms with van der Waals surface area (Å²) < 4.78 is 0. The third-order valence-electron chi connectivity index (χ3n) is 4.05. The lowest BCUT2D eigenvalue weighted by Crippen LogP contribution is -2.41. The topological polar surface area (TPSA) is 61.4 Å². The molecule has 5 nitrogen and oxygen atoms in total. The summed E-state index contributed by atoms with van der Waals surface area (Å²) in [7, 11) is 0. The average molecular weight is 323 g/mol. The molecule has 0 saturated carbocycles. The Bertz CT molecular complexity index is 781. The third kappa shape index (κ3) is 3.25. The number of hydrogen-bond donors (Lipinski definition) is 2. The number of hydrogen-bond acceptors (Lipinski definition) is 2. The summed E-state index contributed by atoms with van der Waals surface area (Å²) >= 11 is 0. The fraction of sp³-hybridized carbons (Fsp3) is 0.263. The maximum Gasteiger partial charge on any atom is 0.326 e. The molecular formula is C19H21N3O2. The van der Waals surface area contributed by atoms with Crippen LogP contribution in [0.15, 0.2) is 42.5 Å². The van der Waals surface area contributed by atoms with Gasteiger partial charge in [-0.1, -0.05) is 18.2 Å². The molecule has 0 unspecified atom stereocenters. The summed E-state index contributed by atoms with van der Waals surface area (Å²) in [4.78, 5) is 26.5. The second kappa shape index (κ2) is 6.35. The SMILES string of the molecule is Cc1cc(C)cc(NC(=O)N2c3ccccc3NC(=O)C[C@H]2C)c1. The van der Waals surface area contributed by atoms with Gasteiger partial charge >= 0.3 is 6.03 Å². The highest BCUT2D eigenvalue weighted by molar-refractivity contribution is 6.08. The molecule has 0 saturated heterocycles. The lowest BCUT2D eigenvalue weighted by Gasteiger charge is -2.28. The lowest BCUT2D eigenvalue weighted by atomic mass is 10.1. The molecular weight excluding hydrogens is 302 g/mol. The second-order valence-corrected chi connectivity index (χ2v) is 6.30. The monoisotopic (exact) mass is 323 g/mol. The molecule has 2 N–H and O–H groups in total. The van der Waals surface area contributed by atoms with Crippen molar-refractivity contribution in [2.45, 2.75) is 33.2 Å². The van der Waals surface area contributed by atoms with Crippen molar-refractivity contribution in [3.63, 3.8) is 0 Å². The average Bonchev–Trinajstić information content (AvgIpc) is 2.60. The van der Waals surface area contributed by atoms with Crippen LogP contribution in [0.3, 0.4) is 0 Å². The third-order valence-corrected chi connectivity index (χ3v) is 4.05. The van der Waals surface area contributed by atoms with Crippen LogP contribution < -0.4 is 15.5 Å². The number of anilines is 3. The Kier molecular flexibility index (Phi) is 4.25. The van der Waals surface area contributed by atoms with Gasteiger partial charge in [-0.15, -0.1) is 0 Å². The molecule has 0 aromatic heterocycles. The highest BCUT2D eigenvalue weighted by Crippen LogP contribution is 2.31. The smallest absolute Gasteiger partial charge is 0.324 e. The number of rotatable bonds is 1. The van der Waals surface area contributed by atoms with Crippen molar-refractivity contribution in [2.75, 3.05) is 15.5 Å². The predicted octanol–water partition coefficient (Wildman–Crippen LogP) is 4.07. The van der Waals surface area contributed by atoms with Gasteiger partial charge in [-0.25, -0.2) is 4.79 Å². The minimum Gasteiger partial charge on any atom is -0.324 e. The van der Waals surface area contributed by atoms with Gasteiger partial charge in [-0.3, -0.25) is 9.69 Å². The molecule has 1 aliphatic rings. The maximum atomic E-state index is 12.9. The molecule has 2 aromatic carbocycles. The maximum absolute atomic E-state index is 12.9. The Labute approximate surface area is 141 Å². The van der Waals surface area contributed by atoms with Crippen LogP contribution in [0.1, 0.15) is 24.5 Å². The molecule has 124 valence electrons. The predicted molar refractivity (Wildman–Crippen MR) is 96.6 cm³/mol. The van der Waals surface area contributed by atoms with Crippen LogP contribution >= 0.6 is 0 Å². The number of amides is 3. The Morgan fingerprint density at radius 2 is 1.83 bits per heavy atom. The van der Waals surface area contributed by atoms with Gasteiger partial charge < -0.3 is 10.6 Å². The Balaban J connectivity index is 1.94. The first-order chi connectivity index (χ1) is 11.4. The molecule has 3 amide bonds. The molecule has 0 spiro atoms. The van der Waals surface area contributed by atoms with E-state index in [1.165, 1.54) is 0 Å². The number of fused-ring (bicyclic) bond motifs is 1. The van der Waals surface area contributed by atoms with Gasteiger partial charge in [0.25, 0.3) is 0 Å². The van der Waals surface area contributed by atoms with Gasteiger partial charge in [0.15, 0.2) is 0 Å². The highest BCUT2D eigenvalue weighted by atomic mass is 16.2. The van der Waals surface area contributed by atoms with Crippen molar-refractivity contribution in [3.8, 4) is 0 Å². The van der Waals surface area contributed by atoms with E-state index < -0.39 is 0 Å². The molecule has 5 heteroatoms. The quantitative estimate of drug-likeness (QED) is 0.831. The van der Waals surface area contributed by atoms with Gasteiger partial charge in [-0.2, -0.15) is 0 Å². The van der Waals surface area contributed by atoms with E-state index in [0.29, 0.717) is 11.4 Å². The van der Waals surface area contributed by atoms with Crippen LogP contribution in [-0.4, -0.2) is 18.0 Å². The number of nitrogens with zero attached hydrogens (tertiary/aromatic N) is 1. The van der Waals surface area contributed by atoms with Crippen LogP contribution in [0.4, 0.5) is 21.9 Å². The summed E-state index contributed by atoms with van der Waals surface area (Å²) in [6.07, 6.45) is 0.259. The summed E-state index contributed by atoms with van der Waals surface area (Å²) in [5, 5.41) is 5.81. The van der Waals surface area contributed by atoms with Crippen LogP contribution in [0.2, 0.25) is 0 Å². The number of urea groups is 1. The van der Waals surface area contributed by atoms with E-state index in [0.717, 1.165) is 16.8 Å². The van der Waals surface area contributed by atoms with Crippen molar-refractivity contribution in [2.24, 2.45) is 0 Å². The number of para-hydroxylation sites is 2. The molecule has 0 aliphatic carbocycles. The van der Waals surface area contributed by atoms with Crippen molar-refractivity contribution in [1.82, 2.24) is 0 Å². The van der Waals surface area contributed by atoms with Crippen molar-refractivity contribution in [3.05, 3.63) is 53.6 Å². The molecule has 1 heterocycles. The standard InChI is InChI=1S/C19H21N3O2/c1-12-8-13(2)10-15(9-12)20-19(24)22-14(3)11-18(23)21-16-6-4-5-7-17(16)22/h4-10,14H,11H2,1-3H3,(H,20,24)(H,21,23)/t14-/m1/s1. The molecule has 0 radical (unpaired) electrons. The van der Waals surface area contributed by atoms with Gasteiger partial charge in [-0.05, 0) is 56.2 Å². The minimum absolute atomic E-state index is 0.0864. The first kappa shape index (κ1) is 16.1. The van der Waals surface area contributed by atoms with E-state index in [1.807, 2.05) is 57.2 Å². The van der Waals surface area contributed by atoms with Crippen LogP contribution in [-0.2, 0) is 4.79 Å². The number of carbonyl (C=O) groups excluding carboxylic acids is 2. The van der Waals surface area contributed by atoms with E-state index in [9.17, 15) is 9.59 Å². The molecule has 3 rings (SSSR count). The Hall–Kier alpha value is -2.82. The fourth-order valence-electron chi connectivity index (χ4n) is 3.13. The summed E-state index contributed by atoms with van der Waals surface area (Å²) in [6, 6.07) is 12.8. The van der Waals surface area contributed by atoms with Crippen molar-refractivity contribution < 1.29 is 9.59 Å². The number of carbonyl (C=O) groups is 2. The Morgan fingerprint density at radius 1 is 1.17 bits per heavy atom. The first-order valence-corrected chi connectivity index (χ1v) is 8.01. The number of aryl methyl sites for hydroxylation is 2. The Morgan fingerprint density at radius 3 is 2.54 bits per heavy atom. The minimum atomic E-state index is -0.239. The van der Waals surface area contributed by atoms with Crippen molar-refractivity contribution >= 4 is 29.0 Å². The summed E-state index contributed by atoms with van der Waals surface area (Å²) in [6.45, 7) is 5.87. The van der Waals surface area contributed by atoms with Gasteiger partial charge in [0.1, 0.15) is 0 Å². The normalized spacial score (nSPS) is 16.9. The summed E-state index contributed by atoms with van der Waals surface area (Å²) in [5.74, 6) is -0.0864. The number of nitrogens with one attached hydrogen (secondary N) is 2. The summed E-state index contributed by atoms with van der Waals surface area (Å²) in [5.41, 5.74) is 4.30. The molecule has 0 bridgehead atoms. The molecule has 1 atom stereocenters. The van der Waals surface area contributed by atoms with Gasteiger partial charge in [0.2, 0.25) is 5.91 Å². The van der Waals surface area contributed by atoms with E-state index in [-0.39, 0.29) is 24.4 Å². The van der Waals surface area contributed by atoms with Crippen LogP contribution in [0, 0.1) is 13.8 Å². The van der Waals surface area contributed by atoms with Gasteiger partial charge in [0, 0.05) is 18.2 Å². The molecule has 2 aromatic rings. The van der Waals surface area contributed by atoms with Crippen LogP contribution in [0.5, 0.6) is 0 Å². The van der Waals surface area contributed by atoms with E-state index in [4.69, 9.17) is 0 Å². The van der Waals surface area contributed by atoms with Crippen LogP contribution in [0.25, 0.3) is 0 Å². The zero-order chi connectivity index (χ0) is 17.3. The lowest BCUT2D eigenvalue weighted by molar-refractivity contribution is -0.116. The molecule has 24 heavy (non-hydrogen) atoms. The van der Waals surface area contributed by atoms with E-state index in [1.54, 1.807) is 4.90 Å². The van der Waals surface area contributed by atoms with Gasteiger partial charge in [0.05, 0.1) is 11.4 Å². The van der Waals surface area contributed by atoms with Crippen molar-refractivity contribution in [1.29, 1.82) is 0 Å². The number of benzene rings is 2. The fourth-order valence-corrected chi connectivity index (χ4v) is 3.13. The zero-order valence-corrected chi connectivity index (χ0v) is 14.1. The molecule has 1 aliphatic heterocycles. The zero-order valence-electron chi connectivity index (χ0n) is 14.1. The molecule has 0 fully saturated rings. The first-order valence-electron chi connectivity index (χ1n) is 8.01.